The zero-order valence-corrected chi connectivity index (χ0v) is 16.1. The predicted octanol–water partition coefficient (Wildman–Crippen LogP) is 3.26. The lowest BCUT2D eigenvalue weighted by Gasteiger charge is -2.26. The van der Waals surface area contributed by atoms with Crippen molar-refractivity contribution in [1.29, 1.82) is 0 Å². The van der Waals surface area contributed by atoms with Crippen molar-refractivity contribution in [2.24, 2.45) is 0 Å². The van der Waals surface area contributed by atoms with Crippen molar-refractivity contribution in [3.8, 4) is 5.75 Å². The Kier molecular flexibility index (Phi) is 7.51. The molecule has 0 bridgehead atoms. The predicted molar refractivity (Wildman–Crippen MR) is 106 cm³/mol. The van der Waals surface area contributed by atoms with Gasteiger partial charge in [0.2, 0.25) is 5.91 Å². The van der Waals surface area contributed by atoms with Crippen LogP contribution in [0.25, 0.3) is 0 Å². The van der Waals surface area contributed by atoms with E-state index in [1.165, 1.54) is 5.56 Å². The molecule has 1 aliphatic heterocycles. The molecular weight excluding hydrogens is 364 g/mol. The van der Waals surface area contributed by atoms with Gasteiger partial charge in [-0.05, 0) is 29.3 Å². The maximum absolute atomic E-state index is 12.0. The highest BCUT2D eigenvalue weighted by Crippen LogP contribution is 2.17. The second kappa shape index (κ2) is 10.3. The fourth-order valence-electron chi connectivity index (χ4n) is 2.89. The highest BCUT2D eigenvalue weighted by molar-refractivity contribution is 6.30. The van der Waals surface area contributed by atoms with E-state index < -0.39 is 0 Å². The van der Waals surface area contributed by atoms with E-state index in [4.69, 9.17) is 21.1 Å². The summed E-state index contributed by atoms with van der Waals surface area (Å²) in [5.41, 5.74) is 2.37. The molecule has 0 aliphatic carbocycles. The maximum atomic E-state index is 12.0. The van der Waals surface area contributed by atoms with E-state index >= 15 is 0 Å². The topological polar surface area (TPSA) is 50.8 Å². The van der Waals surface area contributed by atoms with E-state index in [0.717, 1.165) is 38.4 Å². The number of morpholine rings is 1. The lowest BCUT2D eigenvalue weighted by atomic mass is 10.1. The molecule has 6 heteroatoms. The highest BCUT2D eigenvalue weighted by Gasteiger charge is 2.10. The van der Waals surface area contributed by atoms with Crippen LogP contribution in [0, 0.1) is 0 Å². The largest absolute Gasteiger partial charge is 0.493 e. The number of carbonyl (C=O) groups is 1. The molecule has 0 aromatic heterocycles. The third-order valence-electron chi connectivity index (χ3n) is 4.42. The van der Waals surface area contributed by atoms with Gasteiger partial charge < -0.3 is 14.8 Å². The van der Waals surface area contributed by atoms with Gasteiger partial charge in [-0.2, -0.15) is 0 Å². The van der Waals surface area contributed by atoms with Crippen molar-refractivity contribution in [3.05, 3.63) is 64.7 Å². The fraction of sp³-hybridized carbons (Fsp3) is 0.381. The van der Waals surface area contributed by atoms with Gasteiger partial charge in [0.1, 0.15) is 5.75 Å². The third kappa shape index (κ3) is 6.86. The van der Waals surface area contributed by atoms with Crippen molar-refractivity contribution in [2.75, 3.05) is 32.9 Å². The van der Waals surface area contributed by atoms with E-state index in [-0.39, 0.29) is 5.91 Å². The number of ether oxygens (including phenoxy) is 2. The minimum atomic E-state index is -0.0329. The van der Waals surface area contributed by atoms with Crippen LogP contribution >= 0.6 is 11.6 Å². The zero-order valence-electron chi connectivity index (χ0n) is 15.3. The summed E-state index contributed by atoms with van der Waals surface area (Å²) in [6, 6.07) is 15.5. The first-order chi connectivity index (χ1) is 13.2. The fourth-order valence-corrected chi connectivity index (χ4v) is 3.07. The number of rotatable bonds is 8. The first-order valence-electron chi connectivity index (χ1n) is 9.22. The second-order valence-electron chi connectivity index (χ2n) is 6.54. The Morgan fingerprint density at radius 3 is 2.59 bits per heavy atom. The van der Waals surface area contributed by atoms with Crippen molar-refractivity contribution < 1.29 is 14.3 Å². The molecule has 3 rings (SSSR count). The minimum Gasteiger partial charge on any atom is -0.493 e. The Bertz CT molecular complexity index is 730. The smallest absolute Gasteiger partial charge is 0.223 e. The normalized spacial score (nSPS) is 14.7. The van der Waals surface area contributed by atoms with E-state index in [2.05, 4.69) is 34.5 Å². The van der Waals surface area contributed by atoms with Gasteiger partial charge in [0, 0.05) is 31.2 Å². The third-order valence-corrected chi connectivity index (χ3v) is 4.65. The summed E-state index contributed by atoms with van der Waals surface area (Å²) in [7, 11) is 0. The maximum Gasteiger partial charge on any atom is 0.223 e. The molecule has 1 fully saturated rings. The Labute approximate surface area is 165 Å². The molecule has 2 aromatic rings. The van der Waals surface area contributed by atoms with E-state index in [9.17, 15) is 4.79 Å². The first kappa shape index (κ1) is 19.7. The Morgan fingerprint density at radius 2 is 1.85 bits per heavy atom. The molecule has 0 spiro atoms. The zero-order chi connectivity index (χ0) is 18.9. The van der Waals surface area contributed by atoms with Gasteiger partial charge in [-0.3, -0.25) is 9.69 Å². The standard InChI is InChI=1S/C21H25ClN2O3/c22-19-2-1-3-20(14-19)27-11-8-21(25)23-15-17-4-6-18(7-5-17)16-24-9-12-26-13-10-24/h1-7,14H,8-13,15-16H2,(H,23,25). The van der Waals surface area contributed by atoms with E-state index in [1.54, 1.807) is 12.1 Å². The molecule has 1 saturated heterocycles. The quantitative estimate of drug-likeness (QED) is 0.754. The summed E-state index contributed by atoms with van der Waals surface area (Å²) in [4.78, 5) is 14.4. The number of nitrogens with one attached hydrogen (secondary N) is 1. The van der Waals surface area contributed by atoms with Crippen LogP contribution in [0.1, 0.15) is 17.5 Å². The average Bonchev–Trinajstić information content (AvgIpc) is 2.68. The molecule has 0 radical (unpaired) electrons. The molecule has 1 N–H and O–H groups in total. The molecule has 1 amide bonds. The van der Waals surface area contributed by atoms with Crippen molar-refractivity contribution >= 4 is 17.5 Å². The van der Waals surface area contributed by atoms with E-state index in [0.29, 0.717) is 30.3 Å². The molecule has 2 aromatic carbocycles. The van der Waals surface area contributed by atoms with E-state index in [1.807, 2.05) is 12.1 Å². The number of carbonyl (C=O) groups excluding carboxylic acids is 1. The van der Waals surface area contributed by atoms with Crippen LogP contribution in [-0.4, -0.2) is 43.7 Å². The minimum absolute atomic E-state index is 0.0329. The SMILES string of the molecule is O=C(CCOc1cccc(Cl)c1)NCc1ccc(CN2CCOCC2)cc1. The Morgan fingerprint density at radius 1 is 1.11 bits per heavy atom. The van der Waals surface area contributed by atoms with Crippen LogP contribution in [0.5, 0.6) is 5.75 Å². The van der Waals surface area contributed by atoms with Crippen LogP contribution in [0.2, 0.25) is 5.02 Å². The number of halogens is 1. The van der Waals surface area contributed by atoms with Crippen LogP contribution in [-0.2, 0) is 22.6 Å². The van der Waals surface area contributed by atoms with Gasteiger partial charge >= 0.3 is 0 Å². The molecule has 5 nitrogen and oxygen atoms in total. The molecule has 0 unspecified atom stereocenters. The summed E-state index contributed by atoms with van der Waals surface area (Å²) >= 11 is 5.90. The lowest BCUT2D eigenvalue weighted by molar-refractivity contribution is -0.121. The lowest BCUT2D eigenvalue weighted by Crippen LogP contribution is -2.35. The summed E-state index contributed by atoms with van der Waals surface area (Å²) in [5.74, 6) is 0.639. The molecule has 1 aliphatic rings. The molecule has 0 atom stereocenters. The molecule has 144 valence electrons. The first-order valence-corrected chi connectivity index (χ1v) is 9.60. The van der Waals surface area contributed by atoms with Gasteiger partial charge in [0.15, 0.2) is 0 Å². The summed E-state index contributed by atoms with van der Waals surface area (Å²) in [5, 5.41) is 3.54. The summed E-state index contributed by atoms with van der Waals surface area (Å²) in [6.07, 6.45) is 0.307. The number of nitrogens with zero attached hydrogens (tertiary/aromatic N) is 1. The highest BCUT2D eigenvalue weighted by atomic mass is 35.5. The van der Waals surface area contributed by atoms with Gasteiger partial charge in [-0.15, -0.1) is 0 Å². The van der Waals surface area contributed by atoms with Gasteiger partial charge in [0.05, 0.1) is 26.2 Å². The Balaban J connectivity index is 1.35. The van der Waals surface area contributed by atoms with Crippen molar-refractivity contribution in [1.82, 2.24) is 10.2 Å². The van der Waals surface area contributed by atoms with Crippen molar-refractivity contribution in [2.45, 2.75) is 19.5 Å². The van der Waals surface area contributed by atoms with Crippen molar-refractivity contribution in [3.63, 3.8) is 0 Å². The van der Waals surface area contributed by atoms with Gasteiger partial charge in [-0.1, -0.05) is 41.9 Å². The monoisotopic (exact) mass is 388 g/mol. The molecule has 27 heavy (non-hydrogen) atoms. The van der Waals surface area contributed by atoms with Crippen LogP contribution in [0.4, 0.5) is 0 Å². The van der Waals surface area contributed by atoms with Crippen LogP contribution < -0.4 is 10.1 Å². The molecule has 0 saturated carbocycles. The number of hydrogen-bond donors (Lipinski definition) is 1. The van der Waals surface area contributed by atoms with Gasteiger partial charge in [0.25, 0.3) is 0 Å². The molecule has 1 heterocycles. The average molecular weight is 389 g/mol. The number of amides is 1. The van der Waals surface area contributed by atoms with Gasteiger partial charge in [-0.25, -0.2) is 0 Å². The number of benzene rings is 2. The molecular formula is C21H25ClN2O3. The summed E-state index contributed by atoms with van der Waals surface area (Å²) < 4.78 is 10.9. The number of hydrogen-bond acceptors (Lipinski definition) is 4. The van der Waals surface area contributed by atoms with Crippen LogP contribution in [0.15, 0.2) is 48.5 Å². The summed E-state index contributed by atoms with van der Waals surface area (Å²) in [6.45, 7) is 5.37. The van der Waals surface area contributed by atoms with Crippen LogP contribution in [0.3, 0.4) is 0 Å². The second-order valence-corrected chi connectivity index (χ2v) is 6.97. The Hall–Kier alpha value is -2.08.